The smallest absolute Gasteiger partial charge is 0.272 e. The number of halogens is 2. The zero-order valence-corrected chi connectivity index (χ0v) is 14.9. The Balaban J connectivity index is 1.86. The van der Waals surface area contributed by atoms with Gasteiger partial charge in [-0.05, 0) is 38.3 Å². The zero-order valence-electron chi connectivity index (χ0n) is 13.4. The molecule has 2 aromatic rings. The van der Waals surface area contributed by atoms with Crippen molar-refractivity contribution in [2.24, 2.45) is 0 Å². The second-order valence-corrected chi connectivity index (χ2v) is 6.55. The van der Waals surface area contributed by atoms with E-state index in [1.54, 1.807) is 31.2 Å². The van der Waals surface area contributed by atoms with Crippen LogP contribution < -0.4 is 5.32 Å². The molecule has 7 heteroatoms. The molecule has 1 aromatic heterocycles. The van der Waals surface area contributed by atoms with E-state index in [0.717, 1.165) is 25.9 Å². The molecule has 1 fully saturated rings. The van der Waals surface area contributed by atoms with Crippen LogP contribution in [0.2, 0.25) is 10.0 Å². The summed E-state index contributed by atoms with van der Waals surface area (Å²) in [5.74, 6) is 0.992. The molecular formula is C17H18Cl2N4O. The summed E-state index contributed by atoms with van der Waals surface area (Å²) >= 11 is 12.2. The molecule has 0 spiro atoms. The predicted octanol–water partition coefficient (Wildman–Crippen LogP) is 4.46. The summed E-state index contributed by atoms with van der Waals surface area (Å²) in [5, 5.41) is 3.99. The highest BCUT2D eigenvalue weighted by Gasteiger charge is 2.20. The number of hydrogen-bond donors (Lipinski definition) is 1. The van der Waals surface area contributed by atoms with Crippen molar-refractivity contribution in [3.63, 3.8) is 0 Å². The first-order valence-electron chi connectivity index (χ1n) is 7.90. The van der Waals surface area contributed by atoms with Crippen LogP contribution in [0.4, 0.5) is 11.5 Å². The van der Waals surface area contributed by atoms with Gasteiger partial charge in [-0.2, -0.15) is 0 Å². The minimum Gasteiger partial charge on any atom is -0.339 e. The van der Waals surface area contributed by atoms with Gasteiger partial charge in [0, 0.05) is 19.2 Å². The molecule has 0 saturated carbocycles. The van der Waals surface area contributed by atoms with E-state index in [1.165, 1.54) is 6.42 Å². The number of benzene rings is 1. The van der Waals surface area contributed by atoms with Crippen LogP contribution in [0.1, 0.15) is 35.6 Å². The van der Waals surface area contributed by atoms with Crippen LogP contribution in [-0.2, 0) is 0 Å². The normalized spacial score (nSPS) is 14.5. The third kappa shape index (κ3) is 3.79. The lowest BCUT2D eigenvalue weighted by atomic mass is 10.1. The van der Waals surface area contributed by atoms with Gasteiger partial charge in [-0.3, -0.25) is 4.79 Å². The van der Waals surface area contributed by atoms with Gasteiger partial charge in [0.1, 0.15) is 17.3 Å². The average Bonchev–Trinajstić information content (AvgIpc) is 2.58. The van der Waals surface area contributed by atoms with Gasteiger partial charge in [-0.1, -0.05) is 29.3 Å². The quantitative estimate of drug-likeness (QED) is 0.873. The predicted molar refractivity (Wildman–Crippen MR) is 96.3 cm³/mol. The molecule has 2 heterocycles. The molecule has 0 aliphatic carbocycles. The van der Waals surface area contributed by atoms with Gasteiger partial charge in [-0.15, -0.1) is 0 Å². The molecular weight excluding hydrogens is 347 g/mol. The second-order valence-electron chi connectivity index (χ2n) is 5.76. The van der Waals surface area contributed by atoms with E-state index in [9.17, 15) is 4.79 Å². The molecule has 0 radical (unpaired) electrons. The molecule has 126 valence electrons. The van der Waals surface area contributed by atoms with Crippen LogP contribution >= 0.6 is 23.2 Å². The number of likely N-dealkylation sites (tertiary alicyclic amines) is 1. The Hall–Kier alpha value is -1.85. The largest absolute Gasteiger partial charge is 0.339 e. The van der Waals surface area contributed by atoms with Crippen molar-refractivity contribution in [2.75, 3.05) is 18.4 Å². The number of piperidine rings is 1. The third-order valence-corrected chi connectivity index (χ3v) is 4.73. The maximum Gasteiger partial charge on any atom is 0.272 e. The first-order chi connectivity index (χ1) is 11.5. The minimum absolute atomic E-state index is 0.0551. The van der Waals surface area contributed by atoms with Crippen molar-refractivity contribution in [1.82, 2.24) is 14.9 Å². The summed E-state index contributed by atoms with van der Waals surface area (Å²) in [6, 6.07) is 6.97. The van der Waals surface area contributed by atoms with Crippen LogP contribution in [0.15, 0.2) is 24.3 Å². The van der Waals surface area contributed by atoms with Gasteiger partial charge in [0.25, 0.3) is 5.91 Å². The Morgan fingerprint density at radius 2 is 1.92 bits per heavy atom. The van der Waals surface area contributed by atoms with Crippen LogP contribution in [-0.4, -0.2) is 33.9 Å². The highest BCUT2D eigenvalue weighted by molar-refractivity contribution is 6.43. The number of carbonyl (C=O) groups is 1. The van der Waals surface area contributed by atoms with Gasteiger partial charge in [0.15, 0.2) is 0 Å². The lowest BCUT2D eigenvalue weighted by Gasteiger charge is -2.26. The van der Waals surface area contributed by atoms with Gasteiger partial charge < -0.3 is 10.2 Å². The van der Waals surface area contributed by atoms with Crippen LogP contribution in [0.3, 0.4) is 0 Å². The fraction of sp³-hybridized carbons (Fsp3) is 0.353. The number of amides is 1. The van der Waals surface area contributed by atoms with Gasteiger partial charge >= 0.3 is 0 Å². The Morgan fingerprint density at radius 3 is 2.67 bits per heavy atom. The fourth-order valence-corrected chi connectivity index (χ4v) is 3.09. The van der Waals surface area contributed by atoms with Gasteiger partial charge in [0.05, 0.1) is 15.7 Å². The Morgan fingerprint density at radius 1 is 1.17 bits per heavy atom. The van der Waals surface area contributed by atoms with Crippen molar-refractivity contribution in [2.45, 2.75) is 26.2 Å². The summed E-state index contributed by atoms with van der Waals surface area (Å²) in [5.41, 5.74) is 1.03. The number of rotatable bonds is 3. The maximum absolute atomic E-state index is 12.6. The number of hydrogen-bond acceptors (Lipinski definition) is 4. The molecule has 0 unspecified atom stereocenters. The summed E-state index contributed by atoms with van der Waals surface area (Å²) in [4.78, 5) is 23.1. The van der Waals surface area contributed by atoms with E-state index < -0.39 is 0 Å². The van der Waals surface area contributed by atoms with Gasteiger partial charge in [-0.25, -0.2) is 9.97 Å². The Labute approximate surface area is 151 Å². The third-order valence-electron chi connectivity index (χ3n) is 3.91. The van der Waals surface area contributed by atoms with Crippen LogP contribution in [0.5, 0.6) is 0 Å². The average molecular weight is 365 g/mol. The van der Waals surface area contributed by atoms with E-state index in [-0.39, 0.29) is 5.91 Å². The number of nitrogens with zero attached hydrogens (tertiary/aromatic N) is 3. The molecule has 5 nitrogen and oxygen atoms in total. The highest BCUT2D eigenvalue weighted by Crippen LogP contribution is 2.31. The maximum atomic E-state index is 12.6. The standard InChI is InChI=1S/C17H18Cl2N4O/c1-11-20-14(17(24)23-8-3-2-4-9-23)10-15(21-11)22-13-7-5-6-12(18)16(13)19/h5-7,10H,2-4,8-9H2,1H3,(H,20,21,22). The first-order valence-corrected chi connectivity index (χ1v) is 8.66. The summed E-state index contributed by atoms with van der Waals surface area (Å²) < 4.78 is 0. The van der Waals surface area contributed by atoms with E-state index in [2.05, 4.69) is 15.3 Å². The number of carbonyl (C=O) groups excluding carboxylic acids is 1. The fourth-order valence-electron chi connectivity index (χ4n) is 2.74. The van der Waals surface area contributed by atoms with Crippen molar-refractivity contribution < 1.29 is 4.79 Å². The second kappa shape index (κ2) is 7.36. The molecule has 0 atom stereocenters. The van der Waals surface area contributed by atoms with E-state index in [4.69, 9.17) is 23.2 Å². The van der Waals surface area contributed by atoms with E-state index >= 15 is 0 Å². The number of anilines is 2. The molecule has 1 N–H and O–H groups in total. The zero-order chi connectivity index (χ0) is 17.1. The Bertz CT molecular complexity index is 760. The first kappa shape index (κ1) is 17.0. The lowest BCUT2D eigenvalue weighted by molar-refractivity contribution is 0.0718. The van der Waals surface area contributed by atoms with E-state index in [1.807, 2.05) is 4.90 Å². The molecule has 1 aliphatic rings. The number of aromatic nitrogens is 2. The van der Waals surface area contributed by atoms with Crippen molar-refractivity contribution in [3.8, 4) is 0 Å². The molecule has 1 aliphatic heterocycles. The van der Waals surface area contributed by atoms with Crippen molar-refractivity contribution in [3.05, 3.63) is 45.8 Å². The van der Waals surface area contributed by atoms with E-state index in [0.29, 0.717) is 33.1 Å². The summed E-state index contributed by atoms with van der Waals surface area (Å²) in [6.07, 6.45) is 3.25. The van der Waals surface area contributed by atoms with Gasteiger partial charge in [0.2, 0.25) is 0 Å². The van der Waals surface area contributed by atoms with Crippen molar-refractivity contribution in [1.29, 1.82) is 0 Å². The number of nitrogens with one attached hydrogen (secondary N) is 1. The number of aryl methyl sites for hydroxylation is 1. The summed E-state index contributed by atoms with van der Waals surface area (Å²) in [7, 11) is 0. The molecule has 24 heavy (non-hydrogen) atoms. The highest BCUT2D eigenvalue weighted by atomic mass is 35.5. The minimum atomic E-state index is -0.0551. The lowest BCUT2D eigenvalue weighted by Crippen LogP contribution is -2.36. The summed E-state index contributed by atoms with van der Waals surface area (Å²) in [6.45, 7) is 3.33. The molecule has 1 amide bonds. The molecule has 3 rings (SSSR count). The van der Waals surface area contributed by atoms with Crippen molar-refractivity contribution >= 4 is 40.6 Å². The molecule has 1 saturated heterocycles. The van der Waals surface area contributed by atoms with Crippen LogP contribution in [0, 0.1) is 6.92 Å². The Kier molecular flexibility index (Phi) is 5.21. The molecule has 0 bridgehead atoms. The SMILES string of the molecule is Cc1nc(Nc2cccc(Cl)c2Cl)cc(C(=O)N2CCCCC2)n1. The monoisotopic (exact) mass is 364 g/mol. The topological polar surface area (TPSA) is 58.1 Å². The van der Waals surface area contributed by atoms with Crippen LogP contribution in [0.25, 0.3) is 0 Å². The molecule has 1 aromatic carbocycles.